The van der Waals surface area contributed by atoms with Crippen LogP contribution in [-0.2, 0) is 9.59 Å². The van der Waals surface area contributed by atoms with Crippen LogP contribution >= 0.6 is 0 Å². The third kappa shape index (κ3) is 2.52. The molecular formula is C12H8N2O3. The number of hydrogen-bond donors (Lipinski definition) is 1. The summed E-state index contributed by atoms with van der Waals surface area (Å²) in [7, 11) is 0. The molecule has 1 N–H and O–H groups in total. The lowest BCUT2D eigenvalue weighted by Gasteiger charge is -1.96. The van der Waals surface area contributed by atoms with Gasteiger partial charge in [-0.3, -0.25) is 9.78 Å². The number of nitrogens with zero attached hydrogens (tertiary/aromatic N) is 2. The highest BCUT2D eigenvalue weighted by molar-refractivity contribution is 6.38. The molecule has 0 unspecified atom stereocenters. The summed E-state index contributed by atoms with van der Waals surface area (Å²) in [6.45, 7) is 0. The van der Waals surface area contributed by atoms with Crippen molar-refractivity contribution in [1.82, 2.24) is 9.97 Å². The number of benzene rings is 1. The van der Waals surface area contributed by atoms with Crippen LogP contribution in [0.3, 0.4) is 0 Å². The Morgan fingerprint density at radius 2 is 1.88 bits per heavy atom. The van der Waals surface area contributed by atoms with E-state index in [1.807, 2.05) is 18.2 Å². The van der Waals surface area contributed by atoms with Gasteiger partial charge in [-0.1, -0.05) is 12.1 Å². The molecule has 0 saturated heterocycles. The Balaban J connectivity index is 2.31. The van der Waals surface area contributed by atoms with Crippen LogP contribution in [0.15, 0.2) is 36.5 Å². The number of ketones is 1. The first-order valence-corrected chi connectivity index (χ1v) is 4.84. The van der Waals surface area contributed by atoms with E-state index in [4.69, 9.17) is 5.11 Å². The number of carboxylic acids is 1. The van der Waals surface area contributed by atoms with E-state index < -0.39 is 11.8 Å². The Morgan fingerprint density at radius 1 is 1.18 bits per heavy atom. The molecule has 1 aromatic heterocycles. The van der Waals surface area contributed by atoms with Gasteiger partial charge in [-0.15, -0.1) is 0 Å². The maximum atomic E-state index is 10.8. The first-order valence-electron chi connectivity index (χ1n) is 4.84. The van der Waals surface area contributed by atoms with E-state index in [-0.39, 0.29) is 0 Å². The van der Waals surface area contributed by atoms with E-state index >= 15 is 0 Å². The zero-order valence-corrected chi connectivity index (χ0v) is 8.70. The molecule has 0 amide bonds. The minimum Gasteiger partial charge on any atom is -0.475 e. The van der Waals surface area contributed by atoms with Gasteiger partial charge in [0.1, 0.15) is 0 Å². The number of carbonyl (C=O) groups is 2. The van der Waals surface area contributed by atoms with Crippen LogP contribution in [0.25, 0.3) is 17.1 Å². The molecule has 0 aliphatic carbocycles. The third-order valence-corrected chi connectivity index (χ3v) is 2.08. The smallest absolute Gasteiger partial charge is 0.376 e. The minimum absolute atomic E-state index is 0.443. The monoisotopic (exact) mass is 228 g/mol. The molecule has 0 fully saturated rings. The standard InChI is InChI=1S/C12H8N2O3/c15-11(12(16)17)6-5-8-7-13-9-3-1-2-4-10(9)14-8/h1-7H,(H,16,17)/b6-5+. The van der Waals surface area contributed by atoms with Gasteiger partial charge in [0.05, 0.1) is 22.9 Å². The second-order valence-corrected chi connectivity index (χ2v) is 3.29. The Hall–Kier alpha value is -2.56. The second-order valence-electron chi connectivity index (χ2n) is 3.29. The molecule has 5 nitrogen and oxygen atoms in total. The van der Waals surface area contributed by atoms with E-state index in [9.17, 15) is 9.59 Å². The molecule has 17 heavy (non-hydrogen) atoms. The lowest BCUT2D eigenvalue weighted by atomic mass is 10.2. The van der Waals surface area contributed by atoms with Crippen molar-refractivity contribution in [2.24, 2.45) is 0 Å². The van der Waals surface area contributed by atoms with E-state index in [0.29, 0.717) is 11.2 Å². The fourth-order valence-corrected chi connectivity index (χ4v) is 1.28. The highest BCUT2D eigenvalue weighted by atomic mass is 16.4. The summed E-state index contributed by atoms with van der Waals surface area (Å²) in [6, 6.07) is 7.28. The van der Waals surface area contributed by atoms with E-state index in [1.165, 1.54) is 12.3 Å². The number of carboxylic acid groups (broad SMARTS) is 1. The van der Waals surface area contributed by atoms with Crippen LogP contribution in [-0.4, -0.2) is 26.8 Å². The Morgan fingerprint density at radius 3 is 2.59 bits per heavy atom. The molecule has 5 heteroatoms. The van der Waals surface area contributed by atoms with Crippen LogP contribution in [0.1, 0.15) is 5.69 Å². The average Bonchev–Trinajstić information content (AvgIpc) is 2.35. The SMILES string of the molecule is O=C(O)C(=O)/C=C/c1cnc2ccccc2n1. The fourth-order valence-electron chi connectivity index (χ4n) is 1.28. The molecule has 2 aromatic rings. The third-order valence-electron chi connectivity index (χ3n) is 2.08. The molecule has 0 spiro atoms. The summed E-state index contributed by atoms with van der Waals surface area (Å²) in [5.74, 6) is -2.48. The van der Waals surface area contributed by atoms with Crippen molar-refractivity contribution in [1.29, 1.82) is 0 Å². The van der Waals surface area contributed by atoms with Gasteiger partial charge < -0.3 is 5.11 Å². The molecule has 0 aliphatic heterocycles. The number of rotatable bonds is 3. The second kappa shape index (κ2) is 4.52. The highest BCUT2D eigenvalue weighted by Crippen LogP contribution is 2.09. The summed E-state index contributed by atoms with van der Waals surface area (Å²) in [5, 5.41) is 8.39. The topological polar surface area (TPSA) is 80.1 Å². The average molecular weight is 228 g/mol. The first kappa shape index (κ1) is 10.9. The van der Waals surface area contributed by atoms with Crippen molar-refractivity contribution in [3.05, 3.63) is 42.2 Å². The van der Waals surface area contributed by atoms with E-state index in [1.54, 1.807) is 6.07 Å². The summed E-state index contributed by atoms with van der Waals surface area (Å²) in [6.07, 6.45) is 3.77. The van der Waals surface area contributed by atoms with Crippen molar-refractivity contribution in [3.8, 4) is 0 Å². The number of hydrogen-bond acceptors (Lipinski definition) is 4. The van der Waals surface area contributed by atoms with Gasteiger partial charge in [-0.25, -0.2) is 9.78 Å². The molecule has 0 atom stereocenters. The van der Waals surface area contributed by atoms with Crippen molar-refractivity contribution in [3.63, 3.8) is 0 Å². The Bertz CT molecular complexity index is 620. The number of carbonyl (C=O) groups excluding carboxylic acids is 1. The van der Waals surface area contributed by atoms with Crippen LogP contribution < -0.4 is 0 Å². The van der Waals surface area contributed by atoms with Crippen LogP contribution in [0.2, 0.25) is 0 Å². The van der Waals surface area contributed by atoms with Gasteiger partial charge in [0.2, 0.25) is 0 Å². The van der Waals surface area contributed by atoms with Gasteiger partial charge in [-0.2, -0.15) is 0 Å². The molecule has 0 aliphatic rings. The van der Waals surface area contributed by atoms with Crippen LogP contribution in [0.5, 0.6) is 0 Å². The van der Waals surface area contributed by atoms with Gasteiger partial charge in [0.15, 0.2) is 0 Å². The number of aliphatic carboxylic acids is 1. The highest BCUT2D eigenvalue weighted by Gasteiger charge is 2.05. The van der Waals surface area contributed by atoms with Crippen molar-refractivity contribution in [2.75, 3.05) is 0 Å². The summed E-state index contributed by atoms with van der Waals surface area (Å²) in [4.78, 5) is 29.5. The van der Waals surface area contributed by atoms with E-state index in [0.717, 1.165) is 11.6 Å². The number of para-hydroxylation sites is 2. The minimum atomic E-state index is -1.49. The molecule has 1 heterocycles. The van der Waals surface area contributed by atoms with Gasteiger partial charge in [0.25, 0.3) is 5.78 Å². The largest absolute Gasteiger partial charge is 0.475 e. The lowest BCUT2D eigenvalue weighted by molar-refractivity contribution is -0.146. The van der Waals surface area contributed by atoms with Crippen molar-refractivity contribution >= 4 is 28.9 Å². The fraction of sp³-hybridized carbons (Fsp3) is 0. The molecule has 84 valence electrons. The molecule has 0 radical (unpaired) electrons. The molecule has 0 bridgehead atoms. The van der Waals surface area contributed by atoms with Crippen LogP contribution in [0.4, 0.5) is 0 Å². The van der Waals surface area contributed by atoms with Gasteiger partial charge >= 0.3 is 5.97 Å². The quantitative estimate of drug-likeness (QED) is 0.632. The van der Waals surface area contributed by atoms with Crippen molar-refractivity contribution in [2.45, 2.75) is 0 Å². The summed E-state index contributed by atoms with van der Waals surface area (Å²) < 4.78 is 0. The Labute approximate surface area is 96.4 Å². The number of aromatic nitrogens is 2. The summed E-state index contributed by atoms with van der Waals surface area (Å²) in [5.41, 5.74) is 1.88. The van der Waals surface area contributed by atoms with Gasteiger partial charge in [-0.05, 0) is 24.3 Å². The predicted molar refractivity (Wildman–Crippen MR) is 61.2 cm³/mol. The Kier molecular flexibility index (Phi) is 2.91. The molecular weight excluding hydrogens is 220 g/mol. The van der Waals surface area contributed by atoms with Crippen LogP contribution in [0, 0.1) is 0 Å². The normalized spacial score (nSPS) is 10.8. The van der Waals surface area contributed by atoms with Gasteiger partial charge in [0, 0.05) is 0 Å². The van der Waals surface area contributed by atoms with Crippen molar-refractivity contribution < 1.29 is 14.7 Å². The molecule has 2 rings (SSSR count). The first-order chi connectivity index (χ1) is 8.16. The maximum Gasteiger partial charge on any atom is 0.376 e. The van der Waals surface area contributed by atoms with E-state index in [2.05, 4.69) is 9.97 Å². The molecule has 1 aromatic carbocycles. The molecule has 0 saturated carbocycles. The summed E-state index contributed by atoms with van der Waals surface area (Å²) >= 11 is 0. The zero-order valence-electron chi connectivity index (χ0n) is 8.70. The zero-order chi connectivity index (χ0) is 12.3. The number of fused-ring (bicyclic) bond motifs is 1. The lowest BCUT2D eigenvalue weighted by Crippen LogP contribution is -2.08. The maximum absolute atomic E-state index is 10.8. The predicted octanol–water partition coefficient (Wildman–Crippen LogP) is 1.30.